The summed E-state index contributed by atoms with van der Waals surface area (Å²) in [5, 5.41) is 7.60. The third kappa shape index (κ3) is 4.59. The summed E-state index contributed by atoms with van der Waals surface area (Å²) < 4.78 is 11.4. The van der Waals surface area contributed by atoms with Crippen molar-refractivity contribution in [3.05, 3.63) is 170 Å². The lowest BCUT2D eigenvalue weighted by Crippen LogP contribution is -1.88. The molecule has 0 spiro atoms. The molecule has 0 bridgehead atoms. The first-order valence-electron chi connectivity index (χ1n) is 17.2. The van der Waals surface area contributed by atoms with Gasteiger partial charge in [0.25, 0.3) is 0 Å². The molecule has 0 aliphatic heterocycles. The molecule has 11 rings (SSSR count). The summed E-state index contributed by atoms with van der Waals surface area (Å²) >= 11 is 3.75. The van der Waals surface area contributed by atoms with E-state index in [0.717, 1.165) is 21.9 Å². The van der Waals surface area contributed by atoms with Crippen LogP contribution >= 0.6 is 22.7 Å². The standard InChI is InChI=1S/C48H28OS2/c1-4-14-41-37(9-1)40-28-31(23-24-42(40)49-41)29-19-21-30(22-20-29)32-25-33(35-12-7-17-45-47(35)38-10-2-5-15-43(38)50-45)27-34(26-32)36-13-8-18-46-48(36)39-11-3-6-16-44(39)51-46/h1-28H. The Morgan fingerprint density at radius 3 is 1.39 bits per heavy atom. The minimum atomic E-state index is 0.919. The Morgan fingerprint density at radius 2 is 0.765 bits per heavy atom. The van der Waals surface area contributed by atoms with Gasteiger partial charge in [0.1, 0.15) is 11.2 Å². The minimum Gasteiger partial charge on any atom is -0.456 e. The van der Waals surface area contributed by atoms with E-state index in [4.69, 9.17) is 4.42 Å². The van der Waals surface area contributed by atoms with Gasteiger partial charge in [0.15, 0.2) is 0 Å². The first kappa shape index (κ1) is 28.8. The van der Waals surface area contributed by atoms with Crippen LogP contribution in [0.3, 0.4) is 0 Å². The van der Waals surface area contributed by atoms with Crippen LogP contribution in [-0.2, 0) is 0 Å². The Morgan fingerprint density at radius 1 is 0.294 bits per heavy atom. The predicted molar refractivity (Wildman–Crippen MR) is 221 cm³/mol. The summed E-state index contributed by atoms with van der Waals surface area (Å²) in [6, 6.07) is 62.2. The van der Waals surface area contributed by atoms with Crippen molar-refractivity contribution in [1.29, 1.82) is 0 Å². The van der Waals surface area contributed by atoms with Crippen molar-refractivity contribution in [3.8, 4) is 44.5 Å². The van der Waals surface area contributed by atoms with Gasteiger partial charge >= 0.3 is 0 Å². The molecule has 238 valence electrons. The molecule has 0 amide bonds. The van der Waals surface area contributed by atoms with Gasteiger partial charge in [-0.15, -0.1) is 22.7 Å². The van der Waals surface area contributed by atoms with Crippen LogP contribution in [0.4, 0.5) is 0 Å². The summed E-state index contributed by atoms with van der Waals surface area (Å²) in [6.07, 6.45) is 0. The van der Waals surface area contributed by atoms with Gasteiger partial charge in [-0.3, -0.25) is 0 Å². The molecule has 0 fully saturated rings. The lowest BCUT2D eigenvalue weighted by atomic mass is 9.90. The van der Waals surface area contributed by atoms with E-state index in [-0.39, 0.29) is 0 Å². The van der Waals surface area contributed by atoms with Gasteiger partial charge in [-0.05, 0) is 105 Å². The Hall–Kier alpha value is -6.00. The normalized spacial score (nSPS) is 11.9. The molecule has 1 nitrogen and oxygen atoms in total. The Kier molecular flexibility index (Phi) is 6.36. The van der Waals surface area contributed by atoms with E-state index in [1.807, 2.05) is 34.8 Å². The number of para-hydroxylation sites is 1. The van der Waals surface area contributed by atoms with Crippen LogP contribution < -0.4 is 0 Å². The van der Waals surface area contributed by atoms with E-state index in [2.05, 4.69) is 158 Å². The van der Waals surface area contributed by atoms with Gasteiger partial charge in [0.05, 0.1) is 0 Å². The molecule has 0 aliphatic rings. The van der Waals surface area contributed by atoms with Crippen LogP contribution in [-0.4, -0.2) is 0 Å². The Balaban J connectivity index is 1.11. The van der Waals surface area contributed by atoms with Gasteiger partial charge in [-0.2, -0.15) is 0 Å². The highest BCUT2D eigenvalue weighted by Crippen LogP contribution is 2.45. The minimum absolute atomic E-state index is 0.919. The second-order valence-corrected chi connectivity index (χ2v) is 15.4. The Bertz CT molecular complexity index is 3000. The third-order valence-corrected chi connectivity index (χ3v) is 12.6. The number of hydrogen-bond acceptors (Lipinski definition) is 3. The largest absolute Gasteiger partial charge is 0.456 e. The number of hydrogen-bond donors (Lipinski definition) is 0. The molecular formula is C48H28OS2. The van der Waals surface area contributed by atoms with Gasteiger partial charge in [-0.1, -0.05) is 109 Å². The maximum absolute atomic E-state index is 6.11. The molecule has 0 radical (unpaired) electrons. The first-order chi connectivity index (χ1) is 25.2. The van der Waals surface area contributed by atoms with Crippen LogP contribution in [0.15, 0.2) is 174 Å². The highest BCUT2D eigenvalue weighted by molar-refractivity contribution is 7.26. The topological polar surface area (TPSA) is 13.1 Å². The molecule has 3 heterocycles. The van der Waals surface area contributed by atoms with Crippen molar-refractivity contribution in [3.63, 3.8) is 0 Å². The second kappa shape index (κ2) is 11.3. The highest BCUT2D eigenvalue weighted by Gasteiger charge is 2.16. The summed E-state index contributed by atoms with van der Waals surface area (Å²) in [7, 11) is 0. The number of rotatable bonds is 4. The van der Waals surface area contributed by atoms with E-state index >= 15 is 0 Å². The van der Waals surface area contributed by atoms with Crippen molar-refractivity contribution in [2.45, 2.75) is 0 Å². The van der Waals surface area contributed by atoms with Crippen molar-refractivity contribution in [2.24, 2.45) is 0 Å². The fourth-order valence-corrected chi connectivity index (χ4v) is 10.2. The second-order valence-electron chi connectivity index (χ2n) is 13.2. The zero-order chi connectivity index (χ0) is 33.5. The number of fused-ring (bicyclic) bond motifs is 9. The lowest BCUT2D eigenvalue weighted by Gasteiger charge is -2.14. The molecule has 0 aliphatic carbocycles. The number of furan rings is 1. The maximum atomic E-state index is 6.11. The summed E-state index contributed by atoms with van der Waals surface area (Å²) in [4.78, 5) is 0. The molecule has 3 heteroatoms. The predicted octanol–water partition coefficient (Wildman–Crippen LogP) is 15.0. The Labute approximate surface area is 302 Å². The molecule has 0 unspecified atom stereocenters. The molecule has 0 saturated carbocycles. The van der Waals surface area contributed by atoms with Crippen molar-refractivity contribution in [2.75, 3.05) is 0 Å². The van der Waals surface area contributed by atoms with Gasteiger partial charge < -0.3 is 4.42 Å². The maximum Gasteiger partial charge on any atom is 0.135 e. The quantitative estimate of drug-likeness (QED) is 0.180. The van der Waals surface area contributed by atoms with Crippen LogP contribution in [0.2, 0.25) is 0 Å². The van der Waals surface area contributed by atoms with E-state index < -0.39 is 0 Å². The van der Waals surface area contributed by atoms with Crippen molar-refractivity contribution >= 4 is 85.0 Å². The highest BCUT2D eigenvalue weighted by atomic mass is 32.1. The van der Waals surface area contributed by atoms with Crippen LogP contribution in [0.1, 0.15) is 0 Å². The van der Waals surface area contributed by atoms with Crippen molar-refractivity contribution < 1.29 is 4.42 Å². The SMILES string of the molecule is c1ccc2c(c1)oc1ccc(-c3ccc(-c4cc(-c5cccc6sc7ccccc7c56)cc(-c5cccc6sc7ccccc7c56)c4)cc3)cc12. The molecule has 3 aromatic heterocycles. The fourth-order valence-electron chi connectivity index (χ4n) is 7.90. The van der Waals surface area contributed by atoms with Crippen LogP contribution in [0, 0.1) is 0 Å². The average Bonchev–Trinajstić information content (AvgIpc) is 3.89. The smallest absolute Gasteiger partial charge is 0.135 e. The van der Waals surface area contributed by atoms with Gasteiger partial charge in [0, 0.05) is 51.1 Å². The van der Waals surface area contributed by atoms with Crippen LogP contribution in [0.5, 0.6) is 0 Å². The van der Waals surface area contributed by atoms with Gasteiger partial charge in [0.2, 0.25) is 0 Å². The summed E-state index contributed by atoms with van der Waals surface area (Å²) in [5.41, 5.74) is 11.6. The molecule has 11 aromatic rings. The zero-order valence-electron chi connectivity index (χ0n) is 27.4. The lowest BCUT2D eigenvalue weighted by molar-refractivity contribution is 0.669. The number of benzene rings is 8. The molecule has 51 heavy (non-hydrogen) atoms. The van der Waals surface area contributed by atoms with Gasteiger partial charge in [-0.25, -0.2) is 0 Å². The molecule has 0 atom stereocenters. The third-order valence-electron chi connectivity index (χ3n) is 10.3. The first-order valence-corrected chi connectivity index (χ1v) is 18.9. The summed E-state index contributed by atoms with van der Waals surface area (Å²) in [6.45, 7) is 0. The van der Waals surface area contributed by atoms with Crippen molar-refractivity contribution in [1.82, 2.24) is 0 Å². The van der Waals surface area contributed by atoms with Crippen LogP contribution in [0.25, 0.3) is 107 Å². The molecule has 8 aromatic carbocycles. The molecule has 0 saturated heterocycles. The van der Waals surface area contributed by atoms with E-state index in [1.54, 1.807) is 0 Å². The van der Waals surface area contributed by atoms with E-state index in [9.17, 15) is 0 Å². The molecular weight excluding hydrogens is 657 g/mol. The summed E-state index contributed by atoms with van der Waals surface area (Å²) in [5.74, 6) is 0. The molecule has 0 N–H and O–H groups in total. The average molecular weight is 685 g/mol. The van der Waals surface area contributed by atoms with E-state index in [1.165, 1.54) is 84.9 Å². The van der Waals surface area contributed by atoms with E-state index in [0.29, 0.717) is 0 Å². The zero-order valence-corrected chi connectivity index (χ0v) is 29.0. The monoisotopic (exact) mass is 684 g/mol. The fraction of sp³-hybridized carbons (Fsp3) is 0. The number of thiophene rings is 2.